The second-order valence-electron chi connectivity index (χ2n) is 7.51. The van der Waals surface area contributed by atoms with E-state index in [1.54, 1.807) is 0 Å². The Balaban J connectivity index is 1.41. The SMILES string of the molecule is O=C(O)[C@H]1[C@H]2CC[C@@H](C2)[C@@H]1C(=O)N1CCN(c2ccc(Cl)cc2)CC1. The normalized spacial score (nSPS) is 31.4. The Kier molecular flexibility index (Phi) is 4.36. The number of hydrogen-bond donors (Lipinski definition) is 1. The molecule has 1 saturated heterocycles. The van der Waals surface area contributed by atoms with Crippen molar-refractivity contribution in [1.29, 1.82) is 0 Å². The van der Waals surface area contributed by atoms with Crippen LogP contribution in [0.25, 0.3) is 0 Å². The maximum Gasteiger partial charge on any atom is 0.307 e. The molecule has 3 aliphatic rings. The van der Waals surface area contributed by atoms with Crippen molar-refractivity contribution in [3.63, 3.8) is 0 Å². The second-order valence-corrected chi connectivity index (χ2v) is 7.95. The van der Waals surface area contributed by atoms with Gasteiger partial charge in [0.05, 0.1) is 11.8 Å². The van der Waals surface area contributed by atoms with Gasteiger partial charge >= 0.3 is 5.97 Å². The molecule has 0 spiro atoms. The Morgan fingerprint density at radius 3 is 2.16 bits per heavy atom. The van der Waals surface area contributed by atoms with Gasteiger partial charge in [0.2, 0.25) is 5.91 Å². The number of fused-ring (bicyclic) bond motifs is 2. The van der Waals surface area contributed by atoms with Gasteiger partial charge in [0.25, 0.3) is 0 Å². The minimum absolute atomic E-state index is 0.0651. The summed E-state index contributed by atoms with van der Waals surface area (Å²) in [5.74, 6) is -1.03. The highest BCUT2D eigenvalue weighted by molar-refractivity contribution is 6.30. The molecule has 1 aromatic rings. The van der Waals surface area contributed by atoms with Crippen LogP contribution in [0, 0.1) is 23.7 Å². The molecule has 0 radical (unpaired) electrons. The van der Waals surface area contributed by atoms with Gasteiger partial charge in [0, 0.05) is 36.9 Å². The highest BCUT2D eigenvalue weighted by atomic mass is 35.5. The lowest BCUT2D eigenvalue weighted by Gasteiger charge is -2.39. The topological polar surface area (TPSA) is 60.9 Å². The molecule has 1 amide bonds. The predicted octanol–water partition coefficient (Wildman–Crippen LogP) is 2.74. The van der Waals surface area contributed by atoms with Crippen molar-refractivity contribution in [2.75, 3.05) is 31.1 Å². The summed E-state index contributed by atoms with van der Waals surface area (Å²) in [6, 6.07) is 7.74. The summed E-state index contributed by atoms with van der Waals surface area (Å²) in [6.45, 7) is 2.85. The zero-order chi connectivity index (χ0) is 17.6. The highest BCUT2D eigenvalue weighted by Crippen LogP contribution is 2.53. The first-order valence-corrected chi connectivity index (χ1v) is 9.44. The van der Waals surface area contributed by atoms with Gasteiger partial charge in [-0.2, -0.15) is 0 Å². The van der Waals surface area contributed by atoms with Gasteiger partial charge < -0.3 is 14.9 Å². The van der Waals surface area contributed by atoms with Gasteiger partial charge in [-0.05, 0) is 55.4 Å². The summed E-state index contributed by atoms with van der Waals surface area (Å²) in [5.41, 5.74) is 1.11. The van der Waals surface area contributed by atoms with Gasteiger partial charge in [0.1, 0.15) is 0 Å². The van der Waals surface area contributed by atoms with E-state index >= 15 is 0 Å². The molecule has 3 fully saturated rings. The summed E-state index contributed by atoms with van der Waals surface area (Å²) >= 11 is 5.94. The number of rotatable bonds is 3. The van der Waals surface area contributed by atoms with E-state index in [9.17, 15) is 14.7 Å². The number of aliphatic carboxylic acids is 1. The summed E-state index contributed by atoms with van der Waals surface area (Å²) in [5, 5.41) is 10.3. The summed E-state index contributed by atoms with van der Waals surface area (Å²) in [7, 11) is 0. The average Bonchev–Trinajstić information content (AvgIpc) is 3.23. The van der Waals surface area contributed by atoms with Crippen LogP contribution in [0.15, 0.2) is 24.3 Å². The molecule has 0 unspecified atom stereocenters. The van der Waals surface area contributed by atoms with E-state index in [0.717, 1.165) is 38.0 Å². The van der Waals surface area contributed by atoms with E-state index in [4.69, 9.17) is 11.6 Å². The lowest BCUT2D eigenvalue weighted by Crippen LogP contribution is -2.52. The first kappa shape index (κ1) is 16.7. The minimum atomic E-state index is -0.787. The Morgan fingerprint density at radius 2 is 1.56 bits per heavy atom. The number of anilines is 1. The molecule has 0 aromatic heterocycles. The van der Waals surface area contributed by atoms with Gasteiger partial charge in [-0.3, -0.25) is 9.59 Å². The number of carboxylic acid groups (broad SMARTS) is 1. The van der Waals surface area contributed by atoms with E-state index in [-0.39, 0.29) is 23.7 Å². The molecule has 2 aliphatic carbocycles. The molecule has 4 atom stereocenters. The standard InChI is InChI=1S/C19H23ClN2O3/c20-14-3-5-15(6-4-14)21-7-9-22(10-8-21)18(23)16-12-1-2-13(11-12)17(16)19(24)25/h3-6,12-13,16-17H,1-2,7-11H2,(H,24,25)/t12-,13-,16-,17-/m0/s1. The van der Waals surface area contributed by atoms with Gasteiger partial charge in [-0.1, -0.05) is 11.6 Å². The smallest absolute Gasteiger partial charge is 0.307 e. The van der Waals surface area contributed by atoms with E-state index in [1.165, 1.54) is 0 Å². The van der Waals surface area contributed by atoms with Crippen molar-refractivity contribution < 1.29 is 14.7 Å². The molecule has 134 valence electrons. The van der Waals surface area contributed by atoms with Gasteiger partial charge in [0.15, 0.2) is 0 Å². The zero-order valence-corrected chi connectivity index (χ0v) is 14.9. The molecule has 6 heteroatoms. The Labute approximate surface area is 152 Å². The fourth-order valence-electron chi connectivity index (χ4n) is 5.05. The Bertz CT molecular complexity index is 670. The number of halogens is 1. The number of carboxylic acids is 1. The van der Waals surface area contributed by atoms with Gasteiger partial charge in [-0.15, -0.1) is 0 Å². The highest BCUT2D eigenvalue weighted by Gasteiger charge is 2.54. The fraction of sp³-hybridized carbons (Fsp3) is 0.579. The maximum atomic E-state index is 13.0. The van der Waals surface area contributed by atoms with Crippen LogP contribution in [0.5, 0.6) is 0 Å². The molecular weight excluding hydrogens is 340 g/mol. The number of amides is 1. The van der Waals surface area contributed by atoms with E-state index in [2.05, 4.69) is 4.90 Å². The van der Waals surface area contributed by atoms with Crippen molar-refractivity contribution in [1.82, 2.24) is 4.90 Å². The molecule has 5 nitrogen and oxygen atoms in total. The number of hydrogen-bond acceptors (Lipinski definition) is 3. The molecule has 4 rings (SSSR count). The Hall–Kier alpha value is -1.75. The molecule has 1 aromatic carbocycles. The fourth-order valence-corrected chi connectivity index (χ4v) is 5.18. The number of benzene rings is 1. The molecule has 25 heavy (non-hydrogen) atoms. The molecule has 2 saturated carbocycles. The third kappa shape index (κ3) is 2.99. The molecule has 1 N–H and O–H groups in total. The van der Waals surface area contributed by atoms with E-state index < -0.39 is 11.9 Å². The summed E-state index contributed by atoms with van der Waals surface area (Å²) in [4.78, 5) is 28.8. The second kappa shape index (κ2) is 6.52. The first-order valence-electron chi connectivity index (χ1n) is 9.06. The predicted molar refractivity (Wildman–Crippen MR) is 95.7 cm³/mol. The van der Waals surface area contributed by atoms with E-state index in [0.29, 0.717) is 18.1 Å². The minimum Gasteiger partial charge on any atom is -0.481 e. The number of nitrogens with zero attached hydrogens (tertiary/aromatic N) is 2. The van der Waals surface area contributed by atoms with Crippen LogP contribution in [0.1, 0.15) is 19.3 Å². The van der Waals surface area contributed by atoms with E-state index in [1.807, 2.05) is 29.2 Å². The van der Waals surface area contributed by atoms with Crippen molar-refractivity contribution in [3.8, 4) is 0 Å². The zero-order valence-electron chi connectivity index (χ0n) is 14.1. The summed E-state index contributed by atoms with van der Waals surface area (Å²) in [6.07, 6.45) is 2.89. The van der Waals surface area contributed by atoms with Crippen molar-refractivity contribution in [3.05, 3.63) is 29.3 Å². The largest absolute Gasteiger partial charge is 0.481 e. The molecule has 2 bridgehead atoms. The number of piperazine rings is 1. The van der Waals surface area contributed by atoms with Crippen molar-refractivity contribution in [2.45, 2.75) is 19.3 Å². The first-order chi connectivity index (χ1) is 12.0. The average molecular weight is 363 g/mol. The lowest BCUT2D eigenvalue weighted by molar-refractivity contribution is -0.153. The summed E-state index contributed by atoms with van der Waals surface area (Å²) < 4.78 is 0. The van der Waals surface area contributed by atoms with Crippen LogP contribution in [-0.4, -0.2) is 48.1 Å². The number of carbonyl (C=O) groups is 2. The quantitative estimate of drug-likeness (QED) is 0.898. The van der Waals surface area contributed by atoms with Crippen LogP contribution in [0.4, 0.5) is 5.69 Å². The van der Waals surface area contributed by atoms with Crippen LogP contribution >= 0.6 is 11.6 Å². The lowest BCUT2D eigenvalue weighted by atomic mass is 9.78. The molecule has 1 heterocycles. The number of carbonyl (C=O) groups excluding carboxylic acids is 1. The van der Waals surface area contributed by atoms with Crippen LogP contribution in [0.2, 0.25) is 5.02 Å². The van der Waals surface area contributed by atoms with Gasteiger partial charge in [-0.25, -0.2) is 0 Å². The van der Waals surface area contributed by atoms with Crippen LogP contribution < -0.4 is 4.90 Å². The van der Waals surface area contributed by atoms with Crippen LogP contribution in [0.3, 0.4) is 0 Å². The molecule has 1 aliphatic heterocycles. The van der Waals surface area contributed by atoms with Crippen molar-refractivity contribution in [2.24, 2.45) is 23.7 Å². The van der Waals surface area contributed by atoms with Crippen LogP contribution in [-0.2, 0) is 9.59 Å². The monoisotopic (exact) mass is 362 g/mol. The molecular formula is C19H23ClN2O3. The Morgan fingerprint density at radius 1 is 0.960 bits per heavy atom. The maximum absolute atomic E-state index is 13.0. The van der Waals surface area contributed by atoms with Crippen molar-refractivity contribution >= 4 is 29.2 Å². The third-order valence-corrected chi connectivity index (χ3v) is 6.52. The third-order valence-electron chi connectivity index (χ3n) is 6.27.